The number of aromatic nitrogens is 6. The smallest absolute Gasteiger partial charge is 0.208 e. The Morgan fingerprint density at radius 3 is 2.72 bits per heavy atom. The summed E-state index contributed by atoms with van der Waals surface area (Å²) in [6, 6.07) is 10.2. The molecule has 6 nitrogen and oxygen atoms in total. The number of benzene rings is 1. The zero-order chi connectivity index (χ0) is 20.1. The summed E-state index contributed by atoms with van der Waals surface area (Å²) in [6.07, 6.45) is 4.76. The molecule has 29 heavy (non-hydrogen) atoms. The van der Waals surface area contributed by atoms with Crippen molar-refractivity contribution < 1.29 is 0 Å². The molecule has 3 aromatic heterocycles. The summed E-state index contributed by atoms with van der Waals surface area (Å²) < 4.78 is 1.74. The lowest BCUT2D eigenvalue weighted by molar-refractivity contribution is 0.738. The number of hydrogen-bond donors (Lipinski definition) is 1. The van der Waals surface area contributed by atoms with E-state index in [1.807, 2.05) is 43.2 Å². The van der Waals surface area contributed by atoms with E-state index in [-0.39, 0.29) is 0 Å². The van der Waals surface area contributed by atoms with Crippen LogP contribution in [0.4, 0.5) is 0 Å². The molecular formula is C20H22N6S3. The van der Waals surface area contributed by atoms with Crippen molar-refractivity contribution in [1.82, 2.24) is 29.7 Å². The Balaban J connectivity index is 1.28. The van der Waals surface area contributed by atoms with Gasteiger partial charge in [0.25, 0.3) is 0 Å². The van der Waals surface area contributed by atoms with Crippen LogP contribution < -0.4 is 0 Å². The van der Waals surface area contributed by atoms with Crippen molar-refractivity contribution in [2.45, 2.75) is 34.3 Å². The lowest BCUT2D eigenvalue weighted by Crippen LogP contribution is -1.95. The van der Waals surface area contributed by atoms with E-state index in [2.05, 4.69) is 44.1 Å². The maximum atomic E-state index is 4.64. The number of aromatic amines is 1. The van der Waals surface area contributed by atoms with Gasteiger partial charge in [0, 0.05) is 29.6 Å². The number of thioether (sulfide) groups is 3. The SMILES string of the molecule is Cc1c(SCCCSc2ncn(C)n2)ccnc1CSc1nc2ccccc2[nH]1. The van der Waals surface area contributed by atoms with Crippen LogP contribution in [-0.4, -0.2) is 41.2 Å². The Labute approximate surface area is 182 Å². The van der Waals surface area contributed by atoms with Crippen molar-refractivity contribution in [1.29, 1.82) is 0 Å². The number of pyridine rings is 1. The minimum atomic E-state index is 0.807. The average Bonchev–Trinajstić information content (AvgIpc) is 3.33. The van der Waals surface area contributed by atoms with Crippen molar-refractivity contribution >= 4 is 46.3 Å². The molecule has 0 unspecified atom stereocenters. The minimum Gasteiger partial charge on any atom is -0.333 e. The van der Waals surface area contributed by atoms with Crippen LogP contribution in [0.3, 0.4) is 0 Å². The summed E-state index contributed by atoms with van der Waals surface area (Å²) in [6.45, 7) is 2.16. The van der Waals surface area contributed by atoms with Gasteiger partial charge >= 0.3 is 0 Å². The number of hydrogen-bond acceptors (Lipinski definition) is 7. The van der Waals surface area contributed by atoms with Gasteiger partial charge in [0.2, 0.25) is 5.16 Å². The molecular weight excluding hydrogens is 420 g/mol. The lowest BCUT2D eigenvalue weighted by atomic mass is 10.2. The Morgan fingerprint density at radius 2 is 1.90 bits per heavy atom. The molecule has 0 spiro atoms. The average molecular weight is 443 g/mol. The van der Waals surface area contributed by atoms with Crippen molar-refractivity contribution in [3.05, 3.63) is 54.1 Å². The number of rotatable bonds is 9. The number of nitrogens with zero attached hydrogens (tertiary/aromatic N) is 5. The van der Waals surface area contributed by atoms with Crippen LogP contribution in [0.15, 0.2) is 58.1 Å². The molecule has 0 atom stereocenters. The molecule has 0 aliphatic heterocycles. The Hall–Kier alpha value is -1.97. The van der Waals surface area contributed by atoms with E-state index in [1.54, 1.807) is 34.5 Å². The van der Waals surface area contributed by atoms with Crippen molar-refractivity contribution in [3.8, 4) is 0 Å². The summed E-state index contributed by atoms with van der Waals surface area (Å²) in [7, 11) is 1.89. The highest BCUT2D eigenvalue weighted by Gasteiger charge is 2.09. The van der Waals surface area contributed by atoms with Crippen molar-refractivity contribution in [2.75, 3.05) is 11.5 Å². The molecule has 0 fully saturated rings. The fourth-order valence-electron chi connectivity index (χ4n) is 2.79. The van der Waals surface area contributed by atoms with Crippen LogP contribution in [-0.2, 0) is 12.8 Å². The molecule has 150 valence electrons. The minimum absolute atomic E-state index is 0.807. The van der Waals surface area contributed by atoms with Gasteiger partial charge in [0.15, 0.2) is 5.16 Å². The van der Waals surface area contributed by atoms with E-state index in [4.69, 9.17) is 0 Å². The van der Waals surface area contributed by atoms with Gasteiger partial charge < -0.3 is 4.98 Å². The Bertz CT molecular complexity index is 1060. The number of aryl methyl sites for hydroxylation is 1. The number of fused-ring (bicyclic) bond motifs is 1. The largest absolute Gasteiger partial charge is 0.333 e. The Kier molecular flexibility index (Phi) is 6.78. The molecule has 0 aliphatic carbocycles. The van der Waals surface area contributed by atoms with Crippen LogP contribution in [0.1, 0.15) is 17.7 Å². The summed E-state index contributed by atoms with van der Waals surface area (Å²) >= 11 is 5.30. The van der Waals surface area contributed by atoms with E-state index < -0.39 is 0 Å². The number of H-pyrrole nitrogens is 1. The van der Waals surface area contributed by atoms with Crippen molar-refractivity contribution in [2.24, 2.45) is 7.05 Å². The van der Waals surface area contributed by atoms with E-state index in [9.17, 15) is 0 Å². The molecule has 0 amide bonds. The zero-order valence-electron chi connectivity index (χ0n) is 16.3. The summed E-state index contributed by atoms with van der Waals surface area (Å²) in [5.74, 6) is 2.90. The van der Waals surface area contributed by atoms with Crippen LogP contribution in [0, 0.1) is 6.92 Å². The van der Waals surface area contributed by atoms with E-state index >= 15 is 0 Å². The number of imidazole rings is 1. The van der Waals surface area contributed by atoms with Gasteiger partial charge in [-0.25, -0.2) is 9.97 Å². The standard InChI is InChI=1S/C20H22N6S3/c1-14-17(12-29-20-23-15-6-3-4-7-16(15)24-20)21-9-8-18(14)27-10-5-11-28-19-22-13-26(2)25-19/h3-4,6-9,13H,5,10-12H2,1-2H3,(H,23,24). The lowest BCUT2D eigenvalue weighted by Gasteiger charge is -2.09. The van der Waals surface area contributed by atoms with Gasteiger partial charge in [-0.05, 0) is 42.9 Å². The van der Waals surface area contributed by atoms with E-state index in [0.717, 1.165) is 50.7 Å². The maximum absolute atomic E-state index is 4.64. The molecule has 0 aliphatic rings. The predicted octanol–water partition coefficient (Wildman–Crippen LogP) is 4.96. The summed E-state index contributed by atoms with van der Waals surface area (Å²) in [4.78, 5) is 18.2. The van der Waals surface area contributed by atoms with Gasteiger partial charge in [-0.15, -0.1) is 16.9 Å². The molecule has 9 heteroatoms. The first-order chi connectivity index (χ1) is 14.2. The maximum Gasteiger partial charge on any atom is 0.208 e. The van der Waals surface area contributed by atoms with Crippen molar-refractivity contribution in [3.63, 3.8) is 0 Å². The molecule has 0 saturated heterocycles. The molecule has 0 bridgehead atoms. The highest BCUT2D eigenvalue weighted by molar-refractivity contribution is 8.00. The van der Waals surface area contributed by atoms with Gasteiger partial charge in [-0.1, -0.05) is 35.7 Å². The third-order valence-electron chi connectivity index (χ3n) is 4.33. The second kappa shape index (κ2) is 9.69. The number of nitrogens with one attached hydrogen (secondary N) is 1. The number of para-hydroxylation sites is 2. The molecule has 3 heterocycles. The van der Waals surface area contributed by atoms with Crippen LogP contribution in [0.5, 0.6) is 0 Å². The Morgan fingerprint density at radius 1 is 1.03 bits per heavy atom. The monoisotopic (exact) mass is 442 g/mol. The van der Waals surface area contributed by atoms with Crippen LogP contribution in [0.25, 0.3) is 11.0 Å². The van der Waals surface area contributed by atoms with Gasteiger partial charge in [0.05, 0.1) is 16.7 Å². The highest BCUT2D eigenvalue weighted by atomic mass is 32.2. The molecule has 1 aromatic carbocycles. The van der Waals surface area contributed by atoms with E-state index in [0.29, 0.717) is 0 Å². The fourth-order valence-corrected chi connectivity index (χ4v) is 5.66. The quantitative estimate of drug-likeness (QED) is 0.290. The van der Waals surface area contributed by atoms with Crippen LogP contribution >= 0.6 is 35.3 Å². The van der Waals surface area contributed by atoms with E-state index in [1.165, 1.54) is 10.5 Å². The molecule has 4 aromatic rings. The highest BCUT2D eigenvalue weighted by Crippen LogP contribution is 2.29. The fraction of sp³-hybridized carbons (Fsp3) is 0.300. The predicted molar refractivity (Wildman–Crippen MR) is 122 cm³/mol. The third kappa shape index (κ3) is 5.34. The molecule has 0 radical (unpaired) electrons. The topological polar surface area (TPSA) is 72.3 Å². The second-order valence-electron chi connectivity index (χ2n) is 6.48. The molecule has 1 N–H and O–H groups in total. The van der Waals surface area contributed by atoms with Crippen LogP contribution in [0.2, 0.25) is 0 Å². The van der Waals surface area contributed by atoms with Gasteiger partial charge in [0.1, 0.15) is 6.33 Å². The third-order valence-corrected chi connectivity index (χ3v) is 7.40. The van der Waals surface area contributed by atoms with Gasteiger partial charge in [-0.2, -0.15) is 0 Å². The zero-order valence-corrected chi connectivity index (χ0v) is 18.8. The summed E-state index contributed by atoms with van der Waals surface area (Å²) in [5, 5.41) is 6.08. The second-order valence-corrected chi connectivity index (χ2v) is 9.64. The molecule has 4 rings (SSSR count). The molecule has 0 saturated carbocycles. The first kappa shape index (κ1) is 20.3. The first-order valence-electron chi connectivity index (χ1n) is 9.32. The summed E-state index contributed by atoms with van der Waals surface area (Å²) in [5.41, 5.74) is 4.46. The van der Waals surface area contributed by atoms with Gasteiger partial charge in [-0.3, -0.25) is 9.67 Å². The first-order valence-corrected chi connectivity index (χ1v) is 12.3. The normalized spacial score (nSPS) is 11.4.